The molecule has 146 valence electrons. The zero-order valence-electron chi connectivity index (χ0n) is 18.0. The highest BCUT2D eigenvalue weighted by Crippen LogP contribution is 2.35. The predicted octanol–water partition coefficient (Wildman–Crippen LogP) is 7.37. The number of nitrogens with zero attached hydrogens (tertiary/aromatic N) is 1. The summed E-state index contributed by atoms with van der Waals surface area (Å²) in [5.41, 5.74) is 12.3. The SMILES string of the molecule is CC1=CC(c2ccccc2C=NNc2c(C(C)C)cccc2C(C)C)C(C)=C1. The highest BCUT2D eigenvalue weighted by molar-refractivity contribution is 5.83. The molecule has 1 unspecified atom stereocenters. The van der Waals surface area contributed by atoms with Crippen molar-refractivity contribution in [3.63, 3.8) is 0 Å². The lowest BCUT2D eigenvalue weighted by Crippen LogP contribution is -2.04. The van der Waals surface area contributed by atoms with Gasteiger partial charge in [0.2, 0.25) is 0 Å². The maximum absolute atomic E-state index is 4.66. The fraction of sp³-hybridized carbons (Fsp3) is 0.346. The van der Waals surface area contributed by atoms with Crippen molar-refractivity contribution in [2.24, 2.45) is 5.10 Å². The van der Waals surface area contributed by atoms with Gasteiger partial charge in [0.15, 0.2) is 0 Å². The van der Waals surface area contributed by atoms with Crippen LogP contribution in [-0.2, 0) is 0 Å². The van der Waals surface area contributed by atoms with Gasteiger partial charge in [-0.05, 0) is 47.9 Å². The zero-order valence-corrected chi connectivity index (χ0v) is 18.0. The first kappa shape index (κ1) is 20.1. The van der Waals surface area contributed by atoms with Crippen molar-refractivity contribution < 1.29 is 0 Å². The van der Waals surface area contributed by atoms with Gasteiger partial charge >= 0.3 is 0 Å². The molecule has 0 heterocycles. The highest BCUT2D eigenvalue weighted by atomic mass is 15.3. The van der Waals surface area contributed by atoms with E-state index in [4.69, 9.17) is 0 Å². The highest BCUT2D eigenvalue weighted by Gasteiger charge is 2.18. The van der Waals surface area contributed by atoms with Gasteiger partial charge in [0, 0.05) is 5.92 Å². The van der Waals surface area contributed by atoms with E-state index in [0.717, 1.165) is 11.3 Å². The summed E-state index contributed by atoms with van der Waals surface area (Å²) in [5.74, 6) is 1.24. The fourth-order valence-corrected chi connectivity index (χ4v) is 3.98. The number of hydrogen-bond donors (Lipinski definition) is 1. The summed E-state index contributed by atoms with van der Waals surface area (Å²) >= 11 is 0. The average molecular weight is 373 g/mol. The van der Waals surface area contributed by atoms with Crippen LogP contribution in [0, 0.1) is 0 Å². The molecule has 2 aromatic rings. The van der Waals surface area contributed by atoms with E-state index in [9.17, 15) is 0 Å². The van der Waals surface area contributed by atoms with Crippen molar-refractivity contribution in [1.82, 2.24) is 0 Å². The molecule has 0 radical (unpaired) electrons. The molecule has 0 bridgehead atoms. The summed E-state index contributed by atoms with van der Waals surface area (Å²) in [4.78, 5) is 0. The molecule has 0 aliphatic heterocycles. The number of allylic oxidation sites excluding steroid dienone is 4. The summed E-state index contributed by atoms with van der Waals surface area (Å²) in [6.07, 6.45) is 6.57. The summed E-state index contributed by atoms with van der Waals surface area (Å²) in [6, 6.07) is 15.1. The standard InChI is InChI=1S/C26H32N2/c1-17(2)22-12-9-13-23(18(3)4)26(22)28-27-16-21-10-7-8-11-24(21)25-15-19(5)14-20(25)6/h7-18,25,28H,1-6H3. The second kappa shape index (κ2) is 8.60. The van der Waals surface area contributed by atoms with Crippen LogP contribution in [0.1, 0.15) is 81.5 Å². The monoisotopic (exact) mass is 372 g/mol. The van der Waals surface area contributed by atoms with Crippen LogP contribution in [0.3, 0.4) is 0 Å². The van der Waals surface area contributed by atoms with Crippen LogP contribution >= 0.6 is 0 Å². The maximum Gasteiger partial charge on any atom is 0.0630 e. The van der Waals surface area contributed by atoms with Crippen LogP contribution in [0.15, 0.2) is 70.9 Å². The van der Waals surface area contributed by atoms with Crippen LogP contribution in [0.5, 0.6) is 0 Å². The molecule has 0 fully saturated rings. The van der Waals surface area contributed by atoms with Crippen molar-refractivity contribution in [1.29, 1.82) is 0 Å². The second-order valence-corrected chi connectivity index (χ2v) is 8.40. The van der Waals surface area contributed by atoms with Crippen LogP contribution < -0.4 is 5.43 Å². The summed E-state index contributed by atoms with van der Waals surface area (Å²) < 4.78 is 0. The van der Waals surface area contributed by atoms with Crippen molar-refractivity contribution in [3.8, 4) is 0 Å². The normalized spacial score (nSPS) is 16.8. The maximum atomic E-state index is 4.66. The van der Waals surface area contributed by atoms with Gasteiger partial charge in [-0.15, -0.1) is 0 Å². The van der Waals surface area contributed by atoms with Crippen LogP contribution in [0.2, 0.25) is 0 Å². The van der Waals surface area contributed by atoms with Gasteiger partial charge in [-0.1, -0.05) is 93.5 Å². The molecule has 2 nitrogen and oxygen atoms in total. The molecular weight excluding hydrogens is 340 g/mol. The second-order valence-electron chi connectivity index (χ2n) is 8.40. The van der Waals surface area contributed by atoms with E-state index < -0.39 is 0 Å². The molecule has 2 aromatic carbocycles. The molecule has 1 N–H and O–H groups in total. The Labute approximate surface area is 170 Å². The third-order valence-electron chi connectivity index (χ3n) is 5.46. The molecule has 3 rings (SSSR count). The van der Waals surface area contributed by atoms with Gasteiger partial charge in [0.1, 0.15) is 0 Å². The number of anilines is 1. The average Bonchev–Trinajstić information content (AvgIpc) is 2.99. The summed E-state index contributed by atoms with van der Waals surface area (Å²) in [6.45, 7) is 13.3. The first-order chi connectivity index (χ1) is 13.4. The largest absolute Gasteiger partial charge is 0.278 e. The molecule has 2 heteroatoms. The zero-order chi connectivity index (χ0) is 20.3. The summed E-state index contributed by atoms with van der Waals surface area (Å²) in [5, 5.41) is 4.66. The first-order valence-electron chi connectivity index (χ1n) is 10.3. The van der Waals surface area contributed by atoms with E-state index in [1.807, 2.05) is 6.21 Å². The van der Waals surface area contributed by atoms with Crippen molar-refractivity contribution in [2.45, 2.75) is 59.3 Å². The van der Waals surface area contributed by atoms with Crippen molar-refractivity contribution >= 4 is 11.9 Å². The molecule has 1 aliphatic rings. The van der Waals surface area contributed by atoms with Crippen LogP contribution in [0.25, 0.3) is 0 Å². The van der Waals surface area contributed by atoms with Gasteiger partial charge < -0.3 is 0 Å². The molecular formula is C26H32N2. The van der Waals surface area contributed by atoms with E-state index in [-0.39, 0.29) is 0 Å². The number of hydrazone groups is 1. The molecule has 0 amide bonds. The molecule has 0 saturated heterocycles. The number of rotatable bonds is 6. The minimum atomic E-state index is 0.344. The Morgan fingerprint density at radius 2 is 1.54 bits per heavy atom. The molecule has 0 spiro atoms. The lowest BCUT2D eigenvalue weighted by Gasteiger charge is -2.19. The topological polar surface area (TPSA) is 24.4 Å². The van der Waals surface area contributed by atoms with Crippen LogP contribution in [-0.4, -0.2) is 6.21 Å². The van der Waals surface area contributed by atoms with Gasteiger partial charge in [-0.25, -0.2) is 0 Å². The Morgan fingerprint density at radius 1 is 0.893 bits per heavy atom. The Balaban J connectivity index is 1.91. The van der Waals surface area contributed by atoms with Crippen LogP contribution in [0.4, 0.5) is 5.69 Å². The van der Waals surface area contributed by atoms with Crippen molar-refractivity contribution in [2.75, 3.05) is 5.43 Å². The minimum Gasteiger partial charge on any atom is -0.278 e. The molecule has 1 atom stereocenters. The van der Waals surface area contributed by atoms with Crippen molar-refractivity contribution in [3.05, 3.63) is 88.0 Å². The third-order valence-corrected chi connectivity index (χ3v) is 5.46. The van der Waals surface area contributed by atoms with Gasteiger partial charge in [0.25, 0.3) is 0 Å². The van der Waals surface area contributed by atoms with E-state index in [2.05, 4.69) is 107 Å². The lowest BCUT2D eigenvalue weighted by molar-refractivity contribution is 0.835. The molecule has 1 aliphatic carbocycles. The van der Waals surface area contributed by atoms with E-state index >= 15 is 0 Å². The smallest absolute Gasteiger partial charge is 0.0630 e. The number of para-hydroxylation sites is 1. The van der Waals surface area contributed by atoms with E-state index in [0.29, 0.717) is 17.8 Å². The Kier molecular flexibility index (Phi) is 6.18. The third kappa shape index (κ3) is 4.27. The van der Waals surface area contributed by atoms with Gasteiger partial charge in [-0.2, -0.15) is 5.10 Å². The number of hydrogen-bond acceptors (Lipinski definition) is 2. The fourth-order valence-electron chi connectivity index (χ4n) is 3.98. The molecule has 0 aromatic heterocycles. The van der Waals surface area contributed by atoms with E-state index in [1.54, 1.807) is 0 Å². The molecule has 0 saturated carbocycles. The van der Waals surface area contributed by atoms with E-state index in [1.165, 1.54) is 27.8 Å². The Bertz CT molecular complexity index is 903. The van der Waals surface area contributed by atoms with Gasteiger partial charge in [-0.3, -0.25) is 5.43 Å². The quantitative estimate of drug-likeness (QED) is 0.415. The summed E-state index contributed by atoms with van der Waals surface area (Å²) in [7, 11) is 0. The Hall–Kier alpha value is -2.61. The Morgan fingerprint density at radius 3 is 2.11 bits per heavy atom. The predicted molar refractivity (Wildman–Crippen MR) is 123 cm³/mol. The minimum absolute atomic E-state index is 0.344. The number of nitrogens with one attached hydrogen (secondary N) is 1. The molecule has 28 heavy (non-hydrogen) atoms. The lowest BCUT2D eigenvalue weighted by atomic mass is 9.91. The first-order valence-corrected chi connectivity index (χ1v) is 10.3. The number of benzene rings is 2. The van der Waals surface area contributed by atoms with Gasteiger partial charge in [0.05, 0.1) is 11.9 Å².